The maximum absolute atomic E-state index is 12.5. The highest BCUT2D eigenvalue weighted by molar-refractivity contribution is 7.95. The van der Waals surface area contributed by atoms with Gasteiger partial charge in [-0.25, -0.2) is 0 Å². The Balaban J connectivity index is 2.53. The Labute approximate surface area is 130 Å². The predicted molar refractivity (Wildman–Crippen MR) is 83.6 cm³/mol. The van der Waals surface area contributed by atoms with Crippen molar-refractivity contribution in [1.82, 2.24) is 5.32 Å². The fraction of sp³-hybridized carbons (Fsp3) is 0.417. The van der Waals surface area contributed by atoms with E-state index in [1.807, 2.05) is 0 Å². The molecule has 0 unspecified atom stereocenters. The highest BCUT2D eigenvalue weighted by atomic mass is 35.5. The largest absolute Gasteiger partial charge is 0.615 e. The van der Waals surface area contributed by atoms with Crippen LogP contribution in [0, 0.1) is 0 Å². The van der Waals surface area contributed by atoms with Gasteiger partial charge >= 0.3 is 0 Å². The molecule has 19 heavy (non-hydrogen) atoms. The van der Waals surface area contributed by atoms with Gasteiger partial charge in [-0.3, -0.25) is 0 Å². The number of rotatable bonds is 2. The molecular weight excluding hydrogens is 325 g/mol. The molecule has 1 aromatic rings. The van der Waals surface area contributed by atoms with E-state index in [1.54, 1.807) is 25.2 Å². The predicted octanol–water partition coefficient (Wildman–Crippen LogP) is 2.51. The van der Waals surface area contributed by atoms with Gasteiger partial charge in [0.25, 0.3) is 0 Å². The van der Waals surface area contributed by atoms with E-state index < -0.39 is 15.9 Å². The molecule has 1 fully saturated rings. The number of hydrogen-bond acceptors (Lipinski definition) is 3. The Kier molecular flexibility index (Phi) is 4.98. The molecule has 0 amide bonds. The molecule has 2 rings (SSSR count). The standard InChI is InChI=1S/C12H13Cl2NO2S2/c1-15-11(18)12(7-17-4-5-19(12)16)8-2-3-9(13)10(14)6-8/h2-3,6H,4-5,7H2,1H3,(H,15,18)/t12-,19-/m0/s1. The van der Waals surface area contributed by atoms with Crippen LogP contribution >= 0.6 is 35.4 Å². The first kappa shape index (κ1) is 15.4. The first-order valence-electron chi connectivity index (χ1n) is 5.66. The molecule has 1 aromatic carbocycles. The highest BCUT2D eigenvalue weighted by Crippen LogP contribution is 2.38. The summed E-state index contributed by atoms with van der Waals surface area (Å²) in [5.41, 5.74) is 0.763. The van der Waals surface area contributed by atoms with Gasteiger partial charge in [0.15, 0.2) is 0 Å². The van der Waals surface area contributed by atoms with Crippen molar-refractivity contribution in [2.45, 2.75) is 4.75 Å². The van der Waals surface area contributed by atoms with Gasteiger partial charge in [-0.15, -0.1) is 0 Å². The molecule has 0 aliphatic carbocycles. The minimum Gasteiger partial charge on any atom is -0.615 e. The van der Waals surface area contributed by atoms with E-state index >= 15 is 0 Å². The Hall–Kier alpha value is -0.0400. The summed E-state index contributed by atoms with van der Waals surface area (Å²) in [6, 6.07) is 5.19. The van der Waals surface area contributed by atoms with Crippen LogP contribution in [0.1, 0.15) is 5.56 Å². The van der Waals surface area contributed by atoms with Gasteiger partial charge in [-0.05, 0) is 23.3 Å². The second-order valence-electron chi connectivity index (χ2n) is 4.14. The van der Waals surface area contributed by atoms with E-state index in [4.69, 9.17) is 40.2 Å². The zero-order chi connectivity index (χ0) is 14.0. The fourth-order valence-electron chi connectivity index (χ4n) is 2.05. The van der Waals surface area contributed by atoms with Gasteiger partial charge in [-0.2, -0.15) is 0 Å². The van der Waals surface area contributed by atoms with E-state index in [0.29, 0.717) is 27.4 Å². The minimum atomic E-state index is -1.16. The van der Waals surface area contributed by atoms with Gasteiger partial charge in [0.2, 0.25) is 4.75 Å². The summed E-state index contributed by atoms with van der Waals surface area (Å²) in [5, 5.41) is 3.79. The van der Waals surface area contributed by atoms with Crippen molar-refractivity contribution >= 4 is 51.6 Å². The number of hydrogen-bond donors (Lipinski definition) is 1. The van der Waals surface area contributed by atoms with Crippen LogP contribution < -0.4 is 5.32 Å². The lowest BCUT2D eigenvalue weighted by Crippen LogP contribution is -2.55. The summed E-state index contributed by atoms with van der Waals surface area (Å²) in [4.78, 5) is 0.490. The van der Waals surface area contributed by atoms with Crippen molar-refractivity contribution in [1.29, 1.82) is 0 Å². The molecule has 104 valence electrons. The van der Waals surface area contributed by atoms with E-state index in [1.165, 1.54) is 0 Å². The summed E-state index contributed by atoms with van der Waals surface area (Å²) < 4.78 is 17.2. The maximum Gasteiger partial charge on any atom is 0.223 e. The maximum atomic E-state index is 12.5. The molecule has 2 atom stereocenters. The van der Waals surface area contributed by atoms with E-state index in [0.717, 1.165) is 5.56 Å². The first-order valence-corrected chi connectivity index (χ1v) is 8.14. The number of likely N-dealkylation sites (N-methyl/N-ethyl adjacent to an activating group) is 1. The third-order valence-corrected chi connectivity index (χ3v) is 6.38. The van der Waals surface area contributed by atoms with Crippen molar-refractivity contribution in [2.75, 3.05) is 26.0 Å². The van der Waals surface area contributed by atoms with Gasteiger partial charge in [0, 0.05) is 12.6 Å². The van der Waals surface area contributed by atoms with E-state index in [-0.39, 0.29) is 6.61 Å². The van der Waals surface area contributed by atoms with Crippen LogP contribution in [0.2, 0.25) is 10.0 Å². The number of ether oxygens (including phenoxy) is 1. The molecule has 7 heteroatoms. The van der Waals surface area contributed by atoms with Crippen LogP contribution in [-0.4, -0.2) is 35.6 Å². The fourth-order valence-corrected chi connectivity index (χ4v) is 4.34. The van der Waals surface area contributed by atoms with Gasteiger partial charge < -0.3 is 14.6 Å². The molecule has 0 aromatic heterocycles. The lowest BCUT2D eigenvalue weighted by atomic mass is 9.98. The van der Waals surface area contributed by atoms with Crippen molar-refractivity contribution < 1.29 is 9.29 Å². The van der Waals surface area contributed by atoms with E-state index in [9.17, 15) is 4.55 Å². The van der Waals surface area contributed by atoms with Crippen LogP contribution in [0.5, 0.6) is 0 Å². The number of halogens is 2. The van der Waals surface area contributed by atoms with E-state index in [2.05, 4.69) is 5.32 Å². The first-order chi connectivity index (χ1) is 9.02. The normalized spacial score (nSPS) is 27.1. The van der Waals surface area contributed by atoms with Crippen LogP contribution in [0.3, 0.4) is 0 Å². The Bertz CT molecular complexity index is 501. The summed E-state index contributed by atoms with van der Waals surface area (Å²) >= 11 is 16.2. The summed E-state index contributed by atoms with van der Waals surface area (Å²) in [7, 11) is 1.72. The molecule has 1 saturated heterocycles. The third-order valence-electron chi connectivity index (χ3n) is 3.09. The Morgan fingerprint density at radius 3 is 2.79 bits per heavy atom. The summed E-state index contributed by atoms with van der Waals surface area (Å²) in [5.74, 6) is 0.446. The Morgan fingerprint density at radius 1 is 1.47 bits per heavy atom. The lowest BCUT2D eigenvalue weighted by molar-refractivity contribution is 0.125. The molecule has 0 bridgehead atoms. The van der Waals surface area contributed by atoms with Crippen LogP contribution in [0.25, 0.3) is 0 Å². The molecule has 1 aliphatic heterocycles. The number of nitrogens with one attached hydrogen (secondary N) is 1. The van der Waals surface area contributed by atoms with Crippen molar-refractivity contribution in [3.05, 3.63) is 33.8 Å². The number of thiocarbonyl (C=S) groups is 1. The van der Waals surface area contributed by atoms with Crippen molar-refractivity contribution in [2.24, 2.45) is 0 Å². The second kappa shape index (κ2) is 6.16. The Morgan fingerprint density at radius 2 is 2.21 bits per heavy atom. The van der Waals surface area contributed by atoms with Gasteiger partial charge in [-0.1, -0.05) is 41.5 Å². The second-order valence-corrected chi connectivity index (χ2v) is 7.16. The average Bonchev–Trinajstić information content (AvgIpc) is 2.42. The summed E-state index contributed by atoms with van der Waals surface area (Å²) in [6.45, 7) is 0.749. The molecule has 1 aliphatic rings. The average molecular weight is 338 g/mol. The molecule has 0 saturated carbocycles. The van der Waals surface area contributed by atoms with Gasteiger partial charge in [0.05, 0.1) is 16.7 Å². The van der Waals surface area contributed by atoms with Crippen LogP contribution in [0.15, 0.2) is 18.2 Å². The number of benzene rings is 1. The van der Waals surface area contributed by atoms with Crippen LogP contribution in [-0.2, 0) is 20.7 Å². The monoisotopic (exact) mass is 337 g/mol. The third kappa shape index (κ3) is 2.73. The highest BCUT2D eigenvalue weighted by Gasteiger charge is 2.50. The zero-order valence-corrected chi connectivity index (χ0v) is 13.4. The quantitative estimate of drug-likeness (QED) is 0.665. The smallest absolute Gasteiger partial charge is 0.223 e. The summed E-state index contributed by atoms with van der Waals surface area (Å²) in [6.07, 6.45) is 0. The zero-order valence-electron chi connectivity index (χ0n) is 10.2. The minimum absolute atomic E-state index is 0.275. The van der Waals surface area contributed by atoms with Crippen LogP contribution in [0.4, 0.5) is 0 Å². The molecule has 0 spiro atoms. The topological polar surface area (TPSA) is 44.3 Å². The SMILES string of the molecule is CNC(=S)[C@@]1(c2ccc(Cl)c(Cl)c2)COCC[S@+]1[O-]. The molecule has 1 heterocycles. The molecule has 3 nitrogen and oxygen atoms in total. The molecular formula is C12H13Cl2NO2S2. The molecule has 1 N–H and O–H groups in total. The molecule has 0 radical (unpaired) electrons. The lowest BCUT2D eigenvalue weighted by Gasteiger charge is -2.39. The van der Waals surface area contributed by atoms with Gasteiger partial charge in [0.1, 0.15) is 17.3 Å². The van der Waals surface area contributed by atoms with Crippen molar-refractivity contribution in [3.8, 4) is 0 Å². The van der Waals surface area contributed by atoms with Crippen molar-refractivity contribution in [3.63, 3.8) is 0 Å².